The number of guanidine groups is 1. The minimum absolute atomic E-state index is 0.466. The molecule has 5 heteroatoms. The van der Waals surface area contributed by atoms with E-state index in [9.17, 15) is 0 Å². The molecule has 0 saturated heterocycles. The van der Waals surface area contributed by atoms with Crippen LogP contribution in [0, 0.1) is 0 Å². The molecular formula is C17H33N5. The van der Waals surface area contributed by atoms with Gasteiger partial charge < -0.3 is 10.6 Å². The summed E-state index contributed by atoms with van der Waals surface area (Å²) in [6, 6.07) is 0.466. The lowest BCUT2D eigenvalue weighted by atomic mass is 10.1. The van der Waals surface area contributed by atoms with Gasteiger partial charge in [-0.25, -0.2) is 0 Å². The van der Waals surface area contributed by atoms with Crippen molar-refractivity contribution in [1.82, 2.24) is 20.4 Å². The van der Waals surface area contributed by atoms with Crippen molar-refractivity contribution in [2.75, 3.05) is 13.1 Å². The fraction of sp³-hybridized carbons (Fsp3) is 0.765. The van der Waals surface area contributed by atoms with E-state index < -0.39 is 0 Å². The molecule has 0 fully saturated rings. The number of hydrogen-bond acceptors (Lipinski definition) is 2. The van der Waals surface area contributed by atoms with Gasteiger partial charge in [-0.15, -0.1) is 0 Å². The molecule has 0 spiro atoms. The summed E-state index contributed by atoms with van der Waals surface area (Å²) in [6.45, 7) is 8.26. The molecule has 0 saturated carbocycles. The van der Waals surface area contributed by atoms with Gasteiger partial charge >= 0.3 is 0 Å². The number of aryl methyl sites for hydroxylation is 1. The van der Waals surface area contributed by atoms with Crippen molar-refractivity contribution in [2.24, 2.45) is 12.0 Å². The van der Waals surface area contributed by atoms with E-state index in [0.717, 1.165) is 25.5 Å². The highest BCUT2D eigenvalue weighted by atomic mass is 15.2. The topological polar surface area (TPSA) is 54.2 Å². The Hall–Kier alpha value is -1.52. The summed E-state index contributed by atoms with van der Waals surface area (Å²) in [6.07, 6.45) is 11.3. The normalized spacial score (nSPS) is 13.2. The van der Waals surface area contributed by atoms with Crippen LogP contribution in [0.2, 0.25) is 0 Å². The third-order valence-electron chi connectivity index (χ3n) is 3.65. The first-order valence-corrected chi connectivity index (χ1v) is 8.68. The first kappa shape index (κ1) is 18.5. The second-order valence-electron chi connectivity index (χ2n) is 5.93. The lowest BCUT2D eigenvalue weighted by Gasteiger charge is -2.17. The molecule has 0 aliphatic rings. The van der Waals surface area contributed by atoms with Crippen LogP contribution < -0.4 is 10.6 Å². The molecule has 1 heterocycles. The van der Waals surface area contributed by atoms with Crippen LogP contribution in [0.1, 0.15) is 58.4 Å². The zero-order valence-corrected chi connectivity index (χ0v) is 14.7. The van der Waals surface area contributed by atoms with E-state index in [1.54, 1.807) is 0 Å². The van der Waals surface area contributed by atoms with Gasteiger partial charge in [-0.1, -0.05) is 32.6 Å². The van der Waals surface area contributed by atoms with Crippen LogP contribution in [0.3, 0.4) is 0 Å². The number of nitrogens with one attached hydrogen (secondary N) is 2. The maximum atomic E-state index is 4.66. The van der Waals surface area contributed by atoms with Crippen LogP contribution in [0.15, 0.2) is 17.4 Å². The molecule has 0 amide bonds. The molecular weight excluding hydrogens is 274 g/mol. The molecule has 1 rings (SSSR count). The van der Waals surface area contributed by atoms with Crippen molar-refractivity contribution >= 4 is 5.96 Å². The first-order chi connectivity index (χ1) is 10.7. The second-order valence-corrected chi connectivity index (χ2v) is 5.93. The summed E-state index contributed by atoms with van der Waals surface area (Å²) in [4.78, 5) is 4.66. The SMILES string of the molecule is CCCCCCC(C)NC(=NCCc1cnn(C)c1)NCC. The lowest BCUT2D eigenvalue weighted by molar-refractivity contribution is 0.537. The molecule has 5 nitrogen and oxygen atoms in total. The van der Waals surface area contributed by atoms with Gasteiger partial charge in [0.25, 0.3) is 0 Å². The number of aromatic nitrogens is 2. The zero-order valence-electron chi connectivity index (χ0n) is 14.7. The average Bonchev–Trinajstić information content (AvgIpc) is 2.89. The summed E-state index contributed by atoms with van der Waals surface area (Å²) in [5.41, 5.74) is 1.23. The van der Waals surface area contributed by atoms with Crippen molar-refractivity contribution in [2.45, 2.75) is 65.3 Å². The molecule has 1 unspecified atom stereocenters. The van der Waals surface area contributed by atoms with Crippen molar-refractivity contribution < 1.29 is 0 Å². The van der Waals surface area contributed by atoms with E-state index in [0.29, 0.717) is 6.04 Å². The summed E-state index contributed by atoms with van der Waals surface area (Å²) in [7, 11) is 1.94. The number of nitrogens with zero attached hydrogens (tertiary/aromatic N) is 3. The predicted octanol–water partition coefficient (Wildman–Crippen LogP) is 2.88. The van der Waals surface area contributed by atoms with Gasteiger partial charge in [0.15, 0.2) is 5.96 Å². The van der Waals surface area contributed by atoms with Crippen molar-refractivity contribution in [3.63, 3.8) is 0 Å². The Morgan fingerprint density at radius 2 is 2.14 bits per heavy atom. The van der Waals surface area contributed by atoms with Crippen LogP contribution in [-0.2, 0) is 13.5 Å². The van der Waals surface area contributed by atoms with Crippen molar-refractivity contribution in [3.05, 3.63) is 18.0 Å². The summed E-state index contributed by atoms with van der Waals surface area (Å²) in [5, 5.41) is 11.0. The fourth-order valence-electron chi connectivity index (χ4n) is 2.40. The maximum absolute atomic E-state index is 4.66. The third kappa shape index (κ3) is 8.05. The van der Waals surface area contributed by atoms with Gasteiger partial charge in [0.05, 0.1) is 6.20 Å². The predicted molar refractivity (Wildman–Crippen MR) is 94.2 cm³/mol. The molecule has 0 aliphatic carbocycles. The first-order valence-electron chi connectivity index (χ1n) is 8.68. The van der Waals surface area contributed by atoms with E-state index in [-0.39, 0.29) is 0 Å². The summed E-state index contributed by atoms with van der Waals surface area (Å²) < 4.78 is 1.83. The van der Waals surface area contributed by atoms with Gasteiger partial charge in [-0.2, -0.15) is 5.10 Å². The zero-order chi connectivity index (χ0) is 16.2. The van der Waals surface area contributed by atoms with Gasteiger partial charge in [0, 0.05) is 32.4 Å². The van der Waals surface area contributed by atoms with Gasteiger partial charge in [-0.3, -0.25) is 9.67 Å². The van der Waals surface area contributed by atoms with Crippen LogP contribution in [0.4, 0.5) is 0 Å². The second kappa shape index (κ2) is 11.1. The molecule has 22 heavy (non-hydrogen) atoms. The number of hydrogen-bond donors (Lipinski definition) is 2. The van der Waals surface area contributed by atoms with Crippen molar-refractivity contribution in [1.29, 1.82) is 0 Å². The highest BCUT2D eigenvalue weighted by Crippen LogP contribution is 2.05. The minimum Gasteiger partial charge on any atom is -0.357 e. The van der Waals surface area contributed by atoms with E-state index >= 15 is 0 Å². The maximum Gasteiger partial charge on any atom is 0.191 e. The van der Waals surface area contributed by atoms with Gasteiger partial charge in [-0.05, 0) is 32.3 Å². The Morgan fingerprint density at radius 1 is 1.32 bits per heavy atom. The Kier molecular flexibility index (Phi) is 9.35. The average molecular weight is 307 g/mol. The smallest absolute Gasteiger partial charge is 0.191 e. The number of unbranched alkanes of at least 4 members (excludes halogenated alkanes) is 3. The molecule has 0 aliphatic heterocycles. The van der Waals surface area contributed by atoms with E-state index in [1.807, 2.05) is 24.1 Å². The Bertz CT molecular complexity index is 424. The quantitative estimate of drug-likeness (QED) is 0.397. The fourth-order valence-corrected chi connectivity index (χ4v) is 2.40. The lowest BCUT2D eigenvalue weighted by Crippen LogP contribution is -2.42. The summed E-state index contributed by atoms with van der Waals surface area (Å²) >= 11 is 0. The minimum atomic E-state index is 0.466. The number of rotatable bonds is 10. The van der Waals surface area contributed by atoms with E-state index in [4.69, 9.17) is 0 Å². The van der Waals surface area contributed by atoms with E-state index in [1.165, 1.54) is 37.7 Å². The molecule has 126 valence electrons. The van der Waals surface area contributed by atoms with Crippen LogP contribution >= 0.6 is 0 Å². The van der Waals surface area contributed by atoms with Crippen LogP contribution in [-0.4, -0.2) is 34.9 Å². The molecule has 0 aromatic carbocycles. The molecule has 0 radical (unpaired) electrons. The molecule has 0 bridgehead atoms. The highest BCUT2D eigenvalue weighted by molar-refractivity contribution is 5.80. The summed E-state index contributed by atoms with van der Waals surface area (Å²) in [5.74, 6) is 0.925. The Morgan fingerprint density at radius 3 is 2.77 bits per heavy atom. The Labute approximate surface area is 135 Å². The van der Waals surface area contributed by atoms with Crippen LogP contribution in [0.5, 0.6) is 0 Å². The molecule has 1 atom stereocenters. The largest absolute Gasteiger partial charge is 0.357 e. The van der Waals surface area contributed by atoms with E-state index in [2.05, 4.69) is 41.5 Å². The van der Waals surface area contributed by atoms with Crippen molar-refractivity contribution in [3.8, 4) is 0 Å². The molecule has 1 aromatic heterocycles. The van der Waals surface area contributed by atoms with Gasteiger partial charge in [0.2, 0.25) is 0 Å². The van der Waals surface area contributed by atoms with Crippen LogP contribution in [0.25, 0.3) is 0 Å². The number of aliphatic imine (C=N–C) groups is 1. The standard InChI is InChI=1S/C17H33N5/c1-5-7-8-9-10-15(3)21-17(18-6-2)19-12-11-16-13-20-22(4)14-16/h13-15H,5-12H2,1-4H3,(H2,18,19,21). The monoisotopic (exact) mass is 307 g/mol. The third-order valence-corrected chi connectivity index (χ3v) is 3.65. The molecule has 1 aromatic rings. The Balaban J connectivity index is 2.34. The highest BCUT2D eigenvalue weighted by Gasteiger charge is 2.05. The molecule has 2 N–H and O–H groups in total. The van der Waals surface area contributed by atoms with Gasteiger partial charge in [0.1, 0.15) is 0 Å².